The number of piperidine rings is 1. The lowest BCUT2D eigenvalue weighted by Gasteiger charge is -2.34. The molecule has 0 saturated carbocycles. The highest BCUT2D eigenvalue weighted by molar-refractivity contribution is 7.89. The molecule has 0 bridgehead atoms. The van der Waals surface area contributed by atoms with Crippen LogP contribution >= 0.6 is 0 Å². The van der Waals surface area contributed by atoms with Gasteiger partial charge in [-0.15, -0.1) is 0 Å². The molecule has 1 aliphatic heterocycles. The third-order valence-electron chi connectivity index (χ3n) is 4.46. The summed E-state index contributed by atoms with van der Waals surface area (Å²) >= 11 is 0. The number of hydrogen-bond donors (Lipinski definition) is 0. The fourth-order valence-electron chi connectivity index (χ4n) is 3.28. The Morgan fingerprint density at radius 2 is 1.96 bits per heavy atom. The Kier molecular flexibility index (Phi) is 6.20. The van der Waals surface area contributed by atoms with E-state index in [1.165, 1.54) is 21.3 Å². The SMILES string of the molecule is CC1CC(C)CN(S(=O)(=O)c2cccc(C(=O)N(C)CCC#N)c2)C1. The summed E-state index contributed by atoms with van der Waals surface area (Å²) in [6.45, 7) is 5.44. The van der Waals surface area contributed by atoms with Gasteiger partial charge in [0.15, 0.2) is 0 Å². The summed E-state index contributed by atoms with van der Waals surface area (Å²) < 4.78 is 27.4. The number of rotatable bonds is 5. The number of benzene rings is 1. The number of carbonyl (C=O) groups is 1. The first-order valence-electron chi connectivity index (χ1n) is 8.48. The molecule has 1 heterocycles. The van der Waals surface area contributed by atoms with E-state index < -0.39 is 10.0 Å². The summed E-state index contributed by atoms with van der Waals surface area (Å²) in [5, 5.41) is 8.63. The van der Waals surface area contributed by atoms with E-state index in [1.807, 2.05) is 6.07 Å². The van der Waals surface area contributed by atoms with Gasteiger partial charge in [-0.3, -0.25) is 4.79 Å². The normalized spacial score (nSPS) is 21.5. The monoisotopic (exact) mass is 363 g/mol. The quantitative estimate of drug-likeness (QED) is 0.804. The molecule has 0 spiro atoms. The summed E-state index contributed by atoms with van der Waals surface area (Å²) in [5.41, 5.74) is 0.319. The predicted molar refractivity (Wildman–Crippen MR) is 95.3 cm³/mol. The first-order valence-corrected chi connectivity index (χ1v) is 9.92. The minimum absolute atomic E-state index is 0.147. The number of amides is 1. The molecule has 1 aromatic rings. The minimum atomic E-state index is -3.62. The Labute approximate surface area is 150 Å². The minimum Gasteiger partial charge on any atom is -0.341 e. The summed E-state index contributed by atoms with van der Waals surface area (Å²) in [6.07, 6.45) is 1.26. The van der Waals surface area contributed by atoms with Gasteiger partial charge in [0, 0.05) is 32.2 Å². The molecule has 1 amide bonds. The zero-order valence-corrected chi connectivity index (χ0v) is 15.8. The summed E-state index contributed by atoms with van der Waals surface area (Å²) in [7, 11) is -2.01. The zero-order valence-electron chi connectivity index (χ0n) is 15.0. The topological polar surface area (TPSA) is 81.5 Å². The molecule has 1 saturated heterocycles. The maximum Gasteiger partial charge on any atom is 0.253 e. The van der Waals surface area contributed by atoms with E-state index >= 15 is 0 Å². The van der Waals surface area contributed by atoms with Crippen LogP contribution in [-0.4, -0.2) is 50.2 Å². The van der Waals surface area contributed by atoms with Crippen LogP contribution in [0.2, 0.25) is 0 Å². The third-order valence-corrected chi connectivity index (χ3v) is 6.29. The molecule has 136 valence electrons. The van der Waals surface area contributed by atoms with Crippen LogP contribution in [0.4, 0.5) is 0 Å². The van der Waals surface area contributed by atoms with Crippen molar-refractivity contribution in [2.24, 2.45) is 11.8 Å². The highest BCUT2D eigenvalue weighted by Gasteiger charge is 2.32. The predicted octanol–water partition coefficient (Wildman–Crippen LogP) is 2.34. The van der Waals surface area contributed by atoms with Crippen molar-refractivity contribution in [3.63, 3.8) is 0 Å². The van der Waals surface area contributed by atoms with Crippen molar-refractivity contribution in [3.8, 4) is 6.07 Å². The molecule has 6 nitrogen and oxygen atoms in total. The Balaban J connectivity index is 2.25. The highest BCUT2D eigenvalue weighted by Crippen LogP contribution is 2.27. The Morgan fingerprint density at radius 1 is 1.32 bits per heavy atom. The molecular weight excluding hydrogens is 338 g/mol. The van der Waals surface area contributed by atoms with Crippen LogP contribution in [0.5, 0.6) is 0 Å². The Morgan fingerprint density at radius 3 is 2.56 bits per heavy atom. The van der Waals surface area contributed by atoms with E-state index in [0.29, 0.717) is 37.0 Å². The van der Waals surface area contributed by atoms with Crippen molar-refractivity contribution >= 4 is 15.9 Å². The van der Waals surface area contributed by atoms with Crippen LogP contribution in [0.15, 0.2) is 29.2 Å². The van der Waals surface area contributed by atoms with Gasteiger partial charge in [-0.2, -0.15) is 9.57 Å². The van der Waals surface area contributed by atoms with Gasteiger partial charge in [-0.25, -0.2) is 8.42 Å². The molecule has 1 aromatic carbocycles. The van der Waals surface area contributed by atoms with Gasteiger partial charge in [-0.05, 0) is 36.5 Å². The van der Waals surface area contributed by atoms with Crippen molar-refractivity contribution in [2.75, 3.05) is 26.7 Å². The smallest absolute Gasteiger partial charge is 0.253 e. The van der Waals surface area contributed by atoms with Gasteiger partial charge >= 0.3 is 0 Å². The number of carbonyl (C=O) groups excluding carboxylic acids is 1. The molecule has 1 fully saturated rings. The molecule has 25 heavy (non-hydrogen) atoms. The van der Waals surface area contributed by atoms with Gasteiger partial charge in [-0.1, -0.05) is 19.9 Å². The fraction of sp³-hybridized carbons (Fsp3) is 0.556. The number of sulfonamides is 1. The van der Waals surface area contributed by atoms with Crippen LogP contribution in [0.25, 0.3) is 0 Å². The second kappa shape index (κ2) is 7.98. The number of nitriles is 1. The van der Waals surface area contributed by atoms with E-state index in [2.05, 4.69) is 13.8 Å². The number of nitrogens with zero attached hydrogens (tertiary/aromatic N) is 3. The van der Waals surface area contributed by atoms with Crippen molar-refractivity contribution in [1.29, 1.82) is 5.26 Å². The molecular formula is C18H25N3O3S. The maximum absolute atomic E-state index is 13.0. The van der Waals surface area contributed by atoms with Gasteiger partial charge in [0.1, 0.15) is 0 Å². The first-order chi connectivity index (χ1) is 11.8. The van der Waals surface area contributed by atoms with E-state index in [0.717, 1.165) is 6.42 Å². The Hall–Kier alpha value is -1.91. The second-order valence-corrected chi connectivity index (χ2v) is 8.87. The van der Waals surface area contributed by atoms with Crippen molar-refractivity contribution < 1.29 is 13.2 Å². The summed E-state index contributed by atoms with van der Waals surface area (Å²) in [6, 6.07) is 8.16. The van der Waals surface area contributed by atoms with Crippen molar-refractivity contribution in [3.05, 3.63) is 29.8 Å². The van der Waals surface area contributed by atoms with Crippen LogP contribution in [0.3, 0.4) is 0 Å². The Bertz CT molecular complexity index is 760. The van der Waals surface area contributed by atoms with Gasteiger partial charge < -0.3 is 4.90 Å². The van der Waals surface area contributed by atoms with E-state index in [4.69, 9.17) is 5.26 Å². The van der Waals surface area contributed by atoms with Crippen LogP contribution in [0, 0.1) is 23.2 Å². The molecule has 1 aliphatic rings. The van der Waals surface area contributed by atoms with E-state index in [-0.39, 0.29) is 17.2 Å². The molecule has 0 aromatic heterocycles. The van der Waals surface area contributed by atoms with Crippen molar-refractivity contribution in [1.82, 2.24) is 9.21 Å². The highest BCUT2D eigenvalue weighted by atomic mass is 32.2. The van der Waals surface area contributed by atoms with Gasteiger partial charge in [0.2, 0.25) is 10.0 Å². The van der Waals surface area contributed by atoms with Crippen LogP contribution in [-0.2, 0) is 10.0 Å². The lowest BCUT2D eigenvalue weighted by Crippen LogP contribution is -2.42. The van der Waals surface area contributed by atoms with Crippen LogP contribution < -0.4 is 0 Å². The lowest BCUT2D eigenvalue weighted by molar-refractivity contribution is 0.0797. The molecule has 2 atom stereocenters. The summed E-state index contributed by atoms with van der Waals surface area (Å²) in [5.74, 6) is 0.355. The average molecular weight is 363 g/mol. The molecule has 0 aliphatic carbocycles. The molecule has 2 unspecified atom stereocenters. The zero-order chi connectivity index (χ0) is 18.6. The van der Waals surface area contributed by atoms with Gasteiger partial charge in [0.25, 0.3) is 5.91 Å². The molecule has 7 heteroatoms. The number of hydrogen-bond acceptors (Lipinski definition) is 4. The maximum atomic E-state index is 13.0. The fourth-order valence-corrected chi connectivity index (χ4v) is 5.01. The first kappa shape index (κ1) is 19.4. The summed E-state index contributed by atoms with van der Waals surface area (Å²) in [4.78, 5) is 14.0. The lowest BCUT2D eigenvalue weighted by atomic mass is 9.94. The molecule has 0 N–H and O–H groups in total. The molecule has 2 rings (SSSR count). The molecule has 0 radical (unpaired) electrons. The van der Waals surface area contributed by atoms with Gasteiger partial charge in [0.05, 0.1) is 17.4 Å². The van der Waals surface area contributed by atoms with E-state index in [9.17, 15) is 13.2 Å². The third kappa shape index (κ3) is 4.59. The van der Waals surface area contributed by atoms with Crippen LogP contribution in [0.1, 0.15) is 37.0 Å². The van der Waals surface area contributed by atoms with E-state index in [1.54, 1.807) is 19.2 Å². The second-order valence-electron chi connectivity index (χ2n) is 6.93. The standard InChI is InChI=1S/C18H25N3O3S/c1-14-10-15(2)13-21(12-14)25(23,24)17-7-4-6-16(11-17)18(22)20(3)9-5-8-19/h4,6-7,11,14-15H,5,9-10,12-13H2,1-3H3. The largest absolute Gasteiger partial charge is 0.341 e. The van der Waals surface area contributed by atoms with Crippen molar-refractivity contribution in [2.45, 2.75) is 31.6 Å². The average Bonchev–Trinajstić information content (AvgIpc) is 2.58.